The van der Waals surface area contributed by atoms with Gasteiger partial charge in [0.05, 0.1) is 0 Å². The highest BCUT2D eigenvalue weighted by Crippen LogP contribution is 2.29. The number of carbonyl (C=O) groups is 1. The van der Waals surface area contributed by atoms with Gasteiger partial charge in [-0.1, -0.05) is 39.0 Å². The van der Waals surface area contributed by atoms with E-state index in [9.17, 15) is 4.79 Å². The first kappa shape index (κ1) is 12.4. The molecule has 0 aliphatic rings. The Morgan fingerprint density at radius 2 is 1.83 bits per heavy atom. The summed E-state index contributed by atoms with van der Waals surface area (Å²) in [6.45, 7) is 6.39. The fraction of sp³-hybridized carbons (Fsp3) is 0.267. The quantitative estimate of drug-likeness (QED) is 0.830. The van der Waals surface area contributed by atoms with Crippen molar-refractivity contribution in [2.24, 2.45) is 0 Å². The summed E-state index contributed by atoms with van der Waals surface area (Å²) < 4.78 is 0. The summed E-state index contributed by atoms with van der Waals surface area (Å²) in [5, 5.41) is 2.95. The molecule has 18 heavy (non-hydrogen) atoms. The summed E-state index contributed by atoms with van der Waals surface area (Å²) in [7, 11) is 0. The van der Waals surface area contributed by atoms with Crippen molar-refractivity contribution in [1.82, 2.24) is 4.98 Å². The second-order valence-corrected chi connectivity index (χ2v) is 5.33. The molecule has 1 aromatic heterocycles. The van der Waals surface area contributed by atoms with Gasteiger partial charge in [-0.05, 0) is 29.2 Å². The molecular weight excluding hydrogens is 224 g/mol. The molecule has 2 rings (SSSR count). The smallest absolute Gasteiger partial charge is 0.272 e. The summed E-state index contributed by atoms with van der Waals surface area (Å²) in [5.41, 5.74) is 2.56. The SMILES string of the molecule is CC(C)(C)c1ccccc1NC(=O)c1ccc[nH]1. The average molecular weight is 242 g/mol. The highest BCUT2D eigenvalue weighted by molar-refractivity contribution is 6.03. The van der Waals surface area contributed by atoms with Gasteiger partial charge in [-0.25, -0.2) is 0 Å². The molecule has 3 nitrogen and oxygen atoms in total. The first-order valence-electron chi connectivity index (χ1n) is 6.03. The third-order valence-electron chi connectivity index (χ3n) is 2.83. The van der Waals surface area contributed by atoms with Crippen molar-refractivity contribution in [3.05, 3.63) is 53.9 Å². The zero-order valence-corrected chi connectivity index (χ0v) is 10.9. The van der Waals surface area contributed by atoms with E-state index in [4.69, 9.17) is 0 Å². The van der Waals surface area contributed by atoms with Gasteiger partial charge in [0, 0.05) is 11.9 Å². The molecule has 2 N–H and O–H groups in total. The van der Waals surface area contributed by atoms with Crippen molar-refractivity contribution in [1.29, 1.82) is 0 Å². The third-order valence-corrected chi connectivity index (χ3v) is 2.83. The number of nitrogens with one attached hydrogen (secondary N) is 2. The number of amides is 1. The molecule has 0 unspecified atom stereocenters. The molecule has 2 aromatic rings. The predicted octanol–water partition coefficient (Wildman–Crippen LogP) is 3.56. The minimum absolute atomic E-state index is 0.000388. The van der Waals surface area contributed by atoms with Crippen LogP contribution >= 0.6 is 0 Å². The van der Waals surface area contributed by atoms with Crippen LogP contribution in [-0.4, -0.2) is 10.9 Å². The van der Waals surface area contributed by atoms with Crippen molar-refractivity contribution in [2.45, 2.75) is 26.2 Å². The average Bonchev–Trinajstić information content (AvgIpc) is 2.81. The van der Waals surface area contributed by atoms with Gasteiger partial charge in [0.2, 0.25) is 0 Å². The minimum atomic E-state index is -0.114. The van der Waals surface area contributed by atoms with E-state index in [1.165, 1.54) is 0 Å². The summed E-state index contributed by atoms with van der Waals surface area (Å²) >= 11 is 0. The maximum absolute atomic E-state index is 12.0. The molecular formula is C15H18N2O. The molecule has 0 aliphatic heterocycles. The number of hydrogen-bond donors (Lipinski definition) is 2. The van der Waals surface area contributed by atoms with Gasteiger partial charge in [0.15, 0.2) is 0 Å². The monoisotopic (exact) mass is 242 g/mol. The van der Waals surface area contributed by atoms with Crippen LogP contribution in [0.4, 0.5) is 5.69 Å². The predicted molar refractivity (Wildman–Crippen MR) is 73.9 cm³/mol. The number of H-pyrrole nitrogens is 1. The van der Waals surface area contributed by atoms with Crippen molar-refractivity contribution in [2.75, 3.05) is 5.32 Å². The molecule has 0 saturated heterocycles. The van der Waals surface area contributed by atoms with Crippen molar-refractivity contribution in [3.8, 4) is 0 Å². The van der Waals surface area contributed by atoms with Gasteiger partial charge in [-0.3, -0.25) is 4.79 Å². The lowest BCUT2D eigenvalue weighted by atomic mass is 9.86. The third kappa shape index (κ3) is 2.62. The molecule has 1 amide bonds. The molecule has 0 radical (unpaired) electrons. The van der Waals surface area contributed by atoms with Crippen LogP contribution in [0.25, 0.3) is 0 Å². The summed E-state index contributed by atoms with van der Waals surface area (Å²) in [6, 6.07) is 11.5. The van der Waals surface area contributed by atoms with Gasteiger partial charge in [0.25, 0.3) is 5.91 Å². The Bertz CT molecular complexity index is 536. The molecule has 0 aliphatic carbocycles. The first-order chi connectivity index (χ1) is 8.48. The molecule has 0 saturated carbocycles. The van der Waals surface area contributed by atoms with Crippen LogP contribution in [0.3, 0.4) is 0 Å². The van der Waals surface area contributed by atoms with E-state index in [0.29, 0.717) is 5.69 Å². The Hall–Kier alpha value is -2.03. The van der Waals surface area contributed by atoms with E-state index >= 15 is 0 Å². The maximum Gasteiger partial charge on any atom is 0.272 e. The highest BCUT2D eigenvalue weighted by atomic mass is 16.1. The molecule has 0 spiro atoms. The lowest BCUT2D eigenvalue weighted by Gasteiger charge is -2.22. The normalized spacial score (nSPS) is 11.3. The Morgan fingerprint density at radius 3 is 2.44 bits per heavy atom. The second kappa shape index (κ2) is 4.69. The van der Waals surface area contributed by atoms with Gasteiger partial charge in [-0.2, -0.15) is 0 Å². The standard InChI is InChI=1S/C15H18N2O/c1-15(2,3)11-7-4-5-8-12(11)17-14(18)13-9-6-10-16-13/h4-10,16H,1-3H3,(H,17,18). The van der Waals surface area contributed by atoms with E-state index in [-0.39, 0.29) is 11.3 Å². The molecule has 1 heterocycles. The number of hydrogen-bond acceptors (Lipinski definition) is 1. The highest BCUT2D eigenvalue weighted by Gasteiger charge is 2.18. The van der Waals surface area contributed by atoms with Gasteiger partial charge < -0.3 is 10.3 Å². The minimum Gasteiger partial charge on any atom is -0.357 e. The van der Waals surface area contributed by atoms with Crippen molar-refractivity contribution >= 4 is 11.6 Å². The Balaban J connectivity index is 2.27. The summed E-state index contributed by atoms with van der Waals surface area (Å²) in [4.78, 5) is 14.9. The van der Waals surface area contributed by atoms with Crippen LogP contribution < -0.4 is 5.32 Å². The number of carbonyl (C=O) groups excluding carboxylic acids is 1. The maximum atomic E-state index is 12.0. The molecule has 1 aromatic carbocycles. The van der Waals surface area contributed by atoms with E-state index in [0.717, 1.165) is 11.3 Å². The number of para-hydroxylation sites is 1. The van der Waals surface area contributed by atoms with E-state index < -0.39 is 0 Å². The molecule has 0 fully saturated rings. The van der Waals surface area contributed by atoms with Gasteiger partial charge in [0.1, 0.15) is 5.69 Å². The van der Waals surface area contributed by atoms with Crippen LogP contribution in [0.2, 0.25) is 0 Å². The first-order valence-corrected chi connectivity index (χ1v) is 6.03. The van der Waals surface area contributed by atoms with Crippen LogP contribution in [0.15, 0.2) is 42.6 Å². The van der Waals surface area contributed by atoms with Crippen LogP contribution in [0.5, 0.6) is 0 Å². The summed E-state index contributed by atoms with van der Waals surface area (Å²) in [6.07, 6.45) is 1.74. The van der Waals surface area contributed by atoms with Crippen LogP contribution in [0, 0.1) is 0 Å². The Labute approximate surface area is 107 Å². The second-order valence-electron chi connectivity index (χ2n) is 5.33. The fourth-order valence-corrected chi connectivity index (χ4v) is 1.91. The van der Waals surface area contributed by atoms with Gasteiger partial charge in [-0.15, -0.1) is 0 Å². The largest absolute Gasteiger partial charge is 0.357 e. The Morgan fingerprint density at radius 1 is 1.11 bits per heavy atom. The lowest BCUT2D eigenvalue weighted by molar-refractivity contribution is 0.102. The Kier molecular flexibility index (Phi) is 3.24. The zero-order valence-electron chi connectivity index (χ0n) is 10.9. The molecule has 94 valence electrons. The number of anilines is 1. The van der Waals surface area contributed by atoms with E-state index in [2.05, 4.69) is 31.1 Å². The zero-order chi connectivity index (χ0) is 13.2. The molecule has 0 atom stereocenters. The van der Waals surface area contributed by atoms with Gasteiger partial charge >= 0.3 is 0 Å². The van der Waals surface area contributed by atoms with E-state index in [1.54, 1.807) is 12.3 Å². The van der Waals surface area contributed by atoms with Crippen LogP contribution in [0.1, 0.15) is 36.8 Å². The van der Waals surface area contributed by atoms with Crippen molar-refractivity contribution in [3.63, 3.8) is 0 Å². The van der Waals surface area contributed by atoms with Crippen LogP contribution in [-0.2, 0) is 5.41 Å². The number of rotatable bonds is 2. The fourth-order valence-electron chi connectivity index (χ4n) is 1.91. The van der Waals surface area contributed by atoms with Crippen molar-refractivity contribution < 1.29 is 4.79 Å². The van der Waals surface area contributed by atoms with E-state index in [1.807, 2.05) is 30.3 Å². The summed E-state index contributed by atoms with van der Waals surface area (Å²) in [5.74, 6) is -0.114. The number of aromatic amines is 1. The number of benzene rings is 1. The molecule has 3 heteroatoms. The number of aromatic nitrogens is 1. The topological polar surface area (TPSA) is 44.9 Å². The molecule has 0 bridgehead atoms. The lowest BCUT2D eigenvalue weighted by Crippen LogP contribution is -2.18.